The predicted molar refractivity (Wildman–Crippen MR) is 128 cm³/mol. The van der Waals surface area contributed by atoms with Gasteiger partial charge >= 0.3 is 0 Å². The van der Waals surface area contributed by atoms with Crippen LogP contribution in [0.15, 0.2) is 53.7 Å². The van der Waals surface area contributed by atoms with E-state index < -0.39 is 0 Å². The maximum atomic E-state index is 11.2. The van der Waals surface area contributed by atoms with E-state index in [1.807, 2.05) is 48.5 Å². The third-order valence-corrected chi connectivity index (χ3v) is 6.43. The first kappa shape index (κ1) is 23.6. The van der Waals surface area contributed by atoms with Crippen molar-refractivity contribution in [1.29, 1.82) is 0 Å². The van der Waals surface area contributed by atoms with Gasteiger partial charge in [0.1, 0.15) is 5.82 Å². The van der Waals surface area contributed by atoms with Crippen molar-refractivity contribution in [2.75, 3.05) is 0 Å². The van der Waals surface area contributed by atoms with Crippen LogP contribution in [0.5, 0.6) is 0 Å². The first-order valence-corrected chi connectivity index (χ1v) is 12.1. The molecule has 0 aliphatic heterocycles. The van der Waals surface area contributed by atoms with E-state index >= 15 is 0 Å². The predicted octanol–water partition coefficient (Wildman–Crippen LogP) is 6.41. The highest BCUT2D eigenvalue weighted by molar-refractivity contribution is 7.98. The number of rotatable bonds is 11. The Hall–Kier alpha value is -2.02. The van der Waals surface area contributed by atoms with Crippen LogP contribution in [0, 0.1) is 0 Å². The molecule has 8 heteroatoms. The second-order valence-electron chi connectivity index (χ2n) is 7.42. The Morgan fingerprint density at radius 1 is 1.10 bits per heavy atom. The highest BCUT2D eigenvalue weighted by Crippen LogP contribution is 2.33. The average Bonchev–Trinajstić information content (AvgIpc) is 3.15. The topological polar surface area (TPSA) is 73.8 Å². The van der Waals surface area contributed by atoms with E-state index in [4.69, 9.17) is 28.9 Å². The van der Waals surface area contributed by atoms with Gasteiger partial charge in [-0.25, -0.2) is 0 Å². The fraction of sp³-hybridized carbons (Fsp3) is 0.348. The molecule has 3 rings (SSSR count). The zero-order chi connectivity index (χ0) is 22.2. The lowest BCUT2D eigenvalue weighted by atomic mass is 9.96. The Labute approximate surface area is 197 Å². The molecule has 0 aliphatic rings. The Morgan fingerprint density at radius 3 is 2.52 bits per heavy atom. The number of hydrogen-bond acceptors (Lipinski definition) is 4. The Morgan fingerprint density at radius 2 is 1.84 bits per heavy atom. The summed E-state index contributed by atoms with van der Waals surface area (Å²) in [6.07, 6.45) is 3.90. The normalized spacial score (nSPS) is 12.1. The van der Waals surface area contributed by atoms with Crippen molar-refractivity contribution in [3.63, 3.8) is 0 Å². The number of benzene rings is 2. The van der Waals surface area contributed by atoms with E-state index in [1.165, 1.54) is 0 Å². The number of nitrogens with two attached hydrogens (primary N) is 1. The fourth-order valence-electron chi connectivity index (χ4n) is 3.55. The van der Waals surface area contributed by atoms with E-state index in [9.17, 15) is 4.79 Å². The summed E-state index contributed by atoms with van der Waals surface area (Å²) in [6, 6.07) is 15.5. The molecule has 0 spiro atoms. The minimum absolute atomic E-state index is 0.177. The van der Waals surface area contributed by atoms with Crippen molar-refractivity contribution in [3.8, 4) is 5.69 Å². The first-order chi connectivity index (χ1) is 15.0. The molecule has 0 saturated carbocycles. The number of nitrogens with zero attached hydrogens (tertiary/aromatic N) is 3. The number of halogens is 2. The van der Waals surface area contributed by atoms with Gasteiger partial charge in [0, 0.05) is 28.1 Å². The molecule has 2 N–H and O–H groups in total. The number of primary amides is 1. The molecule has 0 fully saturated rings. The van der Waals surface area contributed by atoms with Gasteiger partial charge < -0.3 is 5.73 Å². The molecule has 1 heterocycles. The molecule has 1 unspecified atom stereocenters. The van der Waals surface area contributed by atoms with Gasteiger partial charge in [-0.1, -0.05) is 66.5 Å². The SMILES string of the molecule is CCCC(CCCC(N)=O)c1nnc(SCc2cccc(Cl)c2)n1-c1cccc(Cl)c1. The highest BCUT2D eigenvalue weighted by atomic mass is 35.5. The summed E-state index contributed by atoms with van der Waals surface area (Å²) in [7, 11) is 0. The van der Waals surface area contributed by atoms with E-state index in [0.717, 1.165) is 53.7 Å². The van der Waals surface area contributed by atoms with Crippen LogP contribution in [-0.2, 0) is 10.5 Å². The van der Waals surface area contributed by atoms with Crippen LogP contribution < -0.4 is 5.73 Å². The number of aromatic nitrogens is 3. The minimum Gasteiger partial charge on any atom is -0.370 e. The second kappa shape index (κ2) is 11.6. The monoisotopic (exact) mass is 476 g/mol. The summed E-state index contributed by atoms with van der Waals surface area (Å²) in [6.45, 7) is 2.15. The zero-order valence-electron chi connectivity index (χ0n) is 17.4. The van der Waals surface area contributed by atoms with Crippen LogP contribution in [0.2, 0.25) is 10.0 Å². The number of thioether (sulfide) groups is 1. The standard InChI is InChI=1S/C23H26Cl2N4OS/c1-2-6-17(8-4-12-21(26)30)22-27-28-23(29(22)20-11-5-10-19(25)14-20)31-15-16-7-3-9-18(24)13-16/h3,5,7,9-11,13-14,17H,2,4,6,8,12,15H2,1H3,(H2,26,30). The summed E-state index contributed by atoms with van der Waals surface area (Å²) < 4.78 is 2.09. The molecule has 0 aliphatic carbocycles. The van der Waals surface area contributed by atoms with Gasteiger partial charge in [-0.15, -0.1) is 10.2 Å². The van der Waals surface area contributed by atoms with E-state index in [-0.39, 0.29) is 11.8 Å². The number of carbonyl (C=O) groups is 1. The van der Waals surface area contributed by atoms with Gasteiger partial charge in [0.05, 0.1) is 5.69 Å². The third kappa shape index (κ3) is 6.73. The molecule has 0 radical (unpaired) electrons. The largest absolute Gasteiger partial charge is 0.370 e. The molecule has 0 bridgehead atoms. The average molecular weight is 477 g/mol. The van der Waals surface area contributed by atoms with Gasteiger partial charge in [-0.05, 0) is 55.2 Å². The fourth-order valence-corrected chi connectivity index (χ4v) is 4.84. The maximum absolute atomic E-state index is 11.2. The molecular weight excluding hydrogens is 451 g/mol. The van der Waals surface area contributed by atoms with Gasteiger partial charge in [0.2, 0.25) is 5.91 Å². The Bertz CT molecular complexity index is 1020. The number of carbonyl (C=O) groups excluding carboxylic acids is 1. The van der Waals surface area contributed by atoms with Gasteiger partial charge in [-0.2, -0.15) is 0 Å². The lowest BCUT2D eigenvalue weighted by Crippen LogP contribution is -2.12. The third-order valence-electron chi connectivity index (χ3n) is 4.96. The van der Waals surface area contributed by atoms with Crippen molar-refractivity contribution in [3.05, 3.63) is 70.0 Å². The van der Waals surface area contributed by atoms with Crippen LogP contribution in [0.3, 0.4) is 0 Å². The van der Waals surface area contributed by atoms with Crippen molar-refractivity contribution in [2.24, 2.45) is 5.73 Å². The Kier molecular flexibility index (Phi) is 8.81. The molecule has 1 atom stereocenters. The van der Waals surface area contributed by atoms with Crippen molar-refractivity contribution in [2.45, 2.75) is 55.9 Å². The zero-order valence-corrected chi connectivity index (χ0v) is 19.8. The first-order valence-electron chi connectivity index (χ1n) is 10.3. The summed E-state index contributed by atoms with van der Waals surface area (Å²) in [4.78, 5) is 11.2. The smallest absolute Gasteiger partial charge is 0.217 e. The highest BCUT2D eigenvalue weighted by Gasteiger charge is 2.22. The van der Waals surface area contributed by atoms with Crippen molar-refractivity contribution < 1.29 is 4.79 Å². The lowest BCUT2D eigenvalue weighted by molar-refractivity contribution is -0.118. The van der Waals surface area contributed by atoms with Crippen LogP contribution in [0.1, 0.15) is 56.3 Å². The molecule has 2 aromatic carbocycles. The molecule has 3 aromatic rings. The summed E-state index contributed by atoms with van der Waals surface area (Å²) in [5.41, 5.74) is 7.38. The molecule has 0 saturated heterocycles. The second-order valence-corrected chi connectivity index (χ2v) is 9.23. The summed E-state index contributed by atoms with van der Waals surface area (Å²) in [5, 5.41) is 11.3. The van der Waals surface area contributed by atoms with Gasteiger partial charge in [0.15, 0.2) is 5.16 Å². The van der Waals surface area contributed by atoms with Gasteiger partial charge in [-0.3, -0.25) is 9.36 Å². The molecule has 31 heavy (non-hydrogen) atoms. The van der Waals surface area contributed by atoms with Crippen LogP contribution in [0.4, 0.5) is 0 Å². The van der Waals surface area contributed by atoms with Crippen LogP contribution in [-0.4, -0.2) is 20.7 Å². The van der Waals surface area contributed by atoms with Crippen molar-refractivity contribution >= 4 is 40.9 Å². The Balaban J connectivity index is 1.93. The maximum Gasteiger partial charge on any atom is 0.217 e. The molecule has 5 nitrogen and oxygen atoms in total. The van der Waals surface area contributed by atoms with E-state index in [1.54, 1.807) is 11.8 Å². The lowest BCUT2D eigenvalue weighted by Gasteiger charge is -2.18. The van der Waals surface area contributed by atoms with Crippen molar-refractivity contribution in [1.82, 2.24) is 14.8 Å². The number of hydrogen-bond donors (Lipinski definition) is 1. The molecule has 164 valence electrons. The molecular formula is C23H26Cl2N4OS. The van der Waals surface area contributed by atoms with Gasteiger partial charge in [0.25, 0.3) is 0 Å². The van der Waals surface area contributed by atoms with E-state index in [2.05, 4.69) is 21.7 Å². The number of amides is 1. The van der Waals surface area contributed by atoms with E-state index in [0.29, 0.717) is 16.5 Å². The summed E-state index contributed by atoms with van der Waals surface area (Å²) >= 11 is 14.0. The minimum atomic E-state index is -0.274. The van der Waals surface area contributed by atoms with Crippen LogP contribution in [0.25, 0.3) is 5.69 Å². The summed E-state index contributed by atoms with van der Waals surface area (Å²) in [5.74, 6) is 1.52. The van der Waals surface area contributed by atoms with Crippen LogP contribution >= 0.6 is 35.0 Å². The molecule has 1 aromatic heterocycles. The molecule has 1 amide bonds. The quantitative estimate of drug-likeness (QED) is 0.324.